The summed E-state index contributed by atoms with van der Waals surface area (Å²) >= 11 is 24.1. The van der Waals surface area contributed by atoms with Gasteiger partial charge in [-0.15, -0.1) is 0 Å². The van der Waals surface area contributed by atoms with E-state index < -0.39 is 17.4 Å². The molecule has 2 rings (SSSR count). The van der Waals surface area contributed by atoms with Crippen LogP contribution in [0, 0.1) is 0 Å². The van der Waals surface area contributed by atoms with Crippen molar-refractivity contribution in [2.75, 3.05) is 0 Å². The summed E-state index contributed by atoms with van der Waals surface area (Å²) in [6.45, 7) is 3.84. The maximum absolute atomic E-state index is 13.0. The number of carbonyl (C=O) groups is 2. The summed E-state index contributed by atoms with van der Waals surface area (Å²) in [6.07, 6.45) is 2.68. The van der Waals surface area contributed by atoms with E-state index in [4.69, 9.17) is 46.4 Å². The van der Waals surface area contributed by atoms with E-state index in [1.165, 1.54) is 0 Å². The van der Waals surface area contributed by atoms with Crippen LogP contribution in [-0.4, -0.2) is 34.0 Å². The Kier molecular flexibility index (Phi) is 5.72. The Morgan fingerprint density at radius 1 is 0.913 bits per heavy atom. The summed E-state index contributed by atoms with van der Waals surface area (Å²) in [5, 5.41) is 8.68. The molecule has 0 aliphatic carbocycles. The molecule has 1 saturated heterocycles. The second-order valence-electron chi connectivity index (χ2n) is 5.65. The molecule has 0 radical (unpaired) electrons. The lowest BCUT2D eigenvalue weighted by Crippen LogP contribution is -2.48. The molecule has 1 aliphatic rings. The van der Waals surface area contributed by atoms with Gasteiger partial charge in [-0.25, -0.2) is 4.79 Å². The molecule has 8 heteroatoms. The minimum atomic E-state index is -1.38. The SMILES string of the molecule is C[C@@H]1CCC[C@@H](C)N1C(=O)c1c(Cl)c(Cl)c(Cl)c(Cl)c1C(=O)O. The van der Waals surface area contributed by atoms with Crippen LogP contribution in [0.4, 0.5) is 0 Å². The number of nitrogens with zero attached hydrogens (tertiary/aromatic N) is 1. The molecule has 1 aliphatic heterocycles. The lowest BCUT2D eigenvalue weighted by Gasteiger charge is -2.39. The zero-order valence-electron chi connectivity index (χ0n) is 12.5. The molecule has 126 valence electrons. The molecule has 1 fully saturated rings. The van der Waals surface area contributed by atoms with Crippen LogP contribution in [0.5, 0.6) is 0 Å². The molecule has 23 heavy (non-hydrogen) atoms. The van der Waals surface area contributed by atoms with Crippen molar-refractivity contribution in [3.63, 3.8) is 0 Å². The van der Waals surface area contributed by atoms with E-state index in [0.717, 1.165) is 19.3 Å². The Balaban J connectivity index is 2.66. The maximum Gasteiger partial charge on any atom is 0.338 e. The van der Waals surface area contributed by atoms with Gasteiger partial charge in [0.2, 0.25) is 0 Å². The Bertz CT molecular complexity index is 667. The van der Waals surface area contributed by atoms with E-state index in [1.54, 1.807) is 4.90 Å². The van der Waals surface area contributed by atoms with Gasteiger partial charge in [0, 0.05) is 12.1 Å². The van der Waals surface area contributed by atoms with Crippen LogP contribution < -0.4 is 0 Å². The lowest BCUT2D eigenvalue weighted by molar-refractivity contribution is 0.0501. The highest BCUT2D eigenvalue weighted by Crippen LogP contribution is 2.42. The molecule has 1 aromatic rings. The van der Waals surface area contributed by atoms with E-state index in [2.05, 4.69) is 0 Å². The Morgan fingerprint density at radius 2 is 1.35 bits per heavy atom. The molecule has 0 unspecified atom stereocenters. The number of amides is 1. The van der Waals surface area contributed by atoms with Crippen molar-refractivity contribution in [2.24, 2.45) is 0 Å². The number of halogens is 4. The molecule has 1 amide bonds. The van der Waals surface area contributed by atoms with E-state index in [0.29, 0.717) is 0 Å². The van der Waals surface area contributed by atoms with Gasteiger partial charge in [0.1, 0.15) is 0 Å². The average molecular weight is 399 g/mol. The van der Waals surface area contributed by atoms with Crippen LogP contribution in [-0.2, 0) is 0 Å². The van der Waals surface area contributed by atoms with E-state index in [9.17, 15) is 14.7 Å². The highest BCUT2D eigenvalue weighted by atomic mass is 35.5. The first-order chi connectivity index (χ1) is 10.7. The van der Waals surface area contributed by atoms with Gasteiger partial charge in [-0.3, -0.25) is 4.79 Å². The number of piperidine rings is 1. The Hall–Kier alpha value is -0.680. The smallest absolute Gasteiger partial charge is 0.338 e. The molecule has 0 spiro atoms. The monoisotopic (exact) mass is 397 g/mol. The number of hydrogen-bond acceptors (Lipinski definition) is 2. The van der Waals surface area contributed by atoms with E-state index >= 15 is 0 Å². The van der Waals surface area contributed by atoms with Crippen LogP contribution in [0.1, 0.15) is 53.8 Å². The number of carbonyl (C=O) groups excluding carboxylic acids is 1. The third-order valence-electron chi connectivity index (χ3n) is 4.12. The molecule has 4 nitrogen and oxygen atoms in total. The normalized spacial score (nSPS) is 21.4. The van der Waals surface area contributed by atoms with Crippen molar-refractivity contribution in [1.82, 2.24) is 4.90 Å². The van der Waals surface area contributed by atoms with Crippen LogP contribution in [0.2, 0.25) is 20.1 Å². The van der Waals surface area contributed by atoms with Crippen LogP contribution in [0.3, 0.4) is 0 Å². The first-order valence-electron chi connectivity index (χ1n) is 7.10. The molecular weight excluding hydrogens is 384 g/mol. The van der Waals surface area contributed by atoms with Crippen molar-refractivity contribution >= 4 is 58.3 Å². The number of likely N-dealkylation sites (tertiary alicyclic amines) is 1. The zero-order chi connectivity index (χ0) is 17.5. The molecule has 2 atom stereocenters. The van der Waals surface area contributed by atoms with Gasteiger partial charge in [0.15, 0.2) is 0 Å². The zero-order valence-corrected chi connectivity index (χ0v) is 15.5. The van der Waals surface area contributed by atoms with Crippen molar-refractivity contribution < 1.29 is 14.7 Å². The first-order valence-corrected chi connectivity index (χ1v) is 8.61. The Morgan fingerprint density at radius 3 is 1.78 bits per heavy atom. The van der Waals surface area contributed by atoms with Gasteiger partial charge < -0.3 is 10.0 Å². The summed E-state index contributed by atoms with van der Waals surface area (Å²) in [5.74, 6) is -1.87. The van der Waals surface area contributed by atoms with Gasteiger partial charge in [0.05, 0.1) is 31.2 Å². The summed E-state index contributed by atoms with van der Waals surface area (Å²) in [6, 6.07) is -0.0608. The first kappa shape index (κ1) is 18.7. The molecule has 0 saturated carbocycles. The highest BCUT2D eigenvalue weighted by Gasteiger charge is 2.36. The highest BCUT2D eigenvalue weighted by molar-refractivity contribution is 6.54. The fourth-order valence-electron chi connectivity index (χ4n) is 2.98. The predicted molar refractivity (Wildman–Crippen MR) is 92.4 cm³/mol. The van der Waals surface area contributed by atoms with Crippen LogP contribution >= 0.6 is 46.4 Å². The predicted octanol–water partition coefficient (Wildman–Crippen LogP) is 5.40. The summed E-state index contributed by atoms with van der Waals surface area (Å²) < 4.78 is 0. The van der Waals surface area contributed by atoms with Gasteiger partial charge in [0.25, 0.3) is 5.91 Å². The summed E-state index contributed by atoms with van der Waals surface area (Å²) in [7, 11) is 0. The van der Waals surface area contributed by atoms with Gasteiger partial charge in [-0.05, 0) is 33.1 Å². The van der Waals surface area contributed by atoms with Crippen molar-refractivity contribution in [1.29, 1.82) is 0 Å². The van der Waals surface area contributed by atoms with Crippen molar-refractivity contribution in [3.8, 4) is 0 Å². The number of aromatic carboxylic acids is 1. The molecular formula is C15H15Cl4NO3. The standard InChI is InChI=1S/C15H15Cl4NO3/c1-6-4-3-5-7(2)20(6)14(21)8-9(15(22)23)11(17)13(19)12(18)10(8)16/h6-7H,3-5H2,1-2H3,(H,22,23)/t6-,7-/m1/s1. The fourth-order valence-corrected chi connectivity index (χ4v) is 4.00. The molecule has 1 aromatic carbocycles. The van der Waals surface area contributed by atoms with Gasteiger partial charge in [-0.1, -0.05) is 46.4 Å². The van der Waals surface area contributed by atoms with Gasteiger partial charge >= 0.3 is 5.97 Å². The van der Waals surface area contributed by atoms with Gasteiger partial charge in [-0.2, -0.15) is 0 Å². The number of hydrogen-bond donors (Lipinski definition) is 1. The molecule has 0 aromatic heterocycles. The fraction of sp³-hybridized carbons (Fsp3) is 0.467. The number of carboxylic acids is 1. The van der Waals surface area contributed by atoms with Crippen LogP contribution in [0.15, 0.2) is 0 Å². The largest absolute Gasteiger partial charge is 0.478 e. The van der Waals surface area contributed by atoms with Crippen LogP contribution in [0.25, 0.3) is 0 Å². The Labute approximate surface area is 154 Å². The quantitative estimate of drug-likeness (QED) is 0.535. The third kappa shape index (κ3) is 3.27. The summed E-state index contributed by atoms with van der Waals surface area (Å²) in [4.78, 5) is 26.2. The molecule has 1 heterocycles. The topological polar surface area (TPSA) is 57.6 Å². The molecule has 0 bridgehead atoms. The summed E-state index contributed by atoms with van der Waals surface area (Å²) in [5.41, 5.74) is -0.625. The number of carboxylic acid groups (broad SMARTS) is 1. The minimum Gasteiger partial charge on any atom is -0.478 e. The number of benzene rings is 1. The molecule has 1 N–H and O–H groups in total. The third-order valence-corrected chi connectivity index (χ3v) is 5.92. The van der Waals surface area contributed by atoms with E-state index in [1.807, 2.05) is 13.8 Å². The second-order valence-corrected chi connectivity index (χ2v) is 7.16. The average Bonchev–Trinajstić information content (AvgIpc) is 2.47. The van der Waals surface area contributed by atoms with Crippen molar-refractivity contribution in [3.05, 3.63) is 31.2 Å². The maximum atomic E-state index is 13.0. The second kappa shape index (κ2) is 7.06. The minimum absolute atomic E-state index is 0.0304. The number of rotatable bonds is 2. The van der Waals surface area contributed by atoms with Crippen molar-refractivity contribution in [2.45, 2.75) is 45.2 Å². The van der Waals surface area contributed by atoms with E-state index in [-0.39, 0.29) is 37.7 Å². The lowest BCUT2D eigenvalue weighted by atomic mass is 9.95.